The summed E-state index contributed by atoms with van der Waals surface area (Å²) in [5, 5.41) is 0. The molecule has 2 atom stereocenters. The molecule has 0 N–H and O–H groups in total. The van der Waals surface area contributed by atoms with Gasteiger partial charge in [0.1, 0.15) is 5.78 Å². The van der Waals surface area contributed by atoms with Gasteiger partial charge in [0.05, 0.1) is 12.5 Å². The molecule has 0 radical (unpaired) electrons. The number of carbonyl (C=O) groups excluding carboxylic acids is 2. The number of methoxy groups -OCH3 is 1. The fourth-order valence-corrected chi connectivity index (χ4v) is 2.25. The van der Waals surface area contributed by atoms with E-state index in [1.54, 1.807) is 0 Å². The van der Waals surface area contributed by atoms with Crippen molar-refractivity contribution in [1.82, 2.24) is 0 Å². The molecule has 0 heterocycles. The van der Waals surface area contributed by atoms with Gasteiger partial charge in [-0.25, -0.2) is 0 Å². The Kier molecular flexibility index (Phi) is 1.50. The fourth-order valence-electron chi connectivity index (χ4n) is 2.25. The number of hydrogen-bond acceptors (Lipinski definition) is 3. The topological polar surface area (TPSA) is 43.4 Å². The standard InChI is InChI=1S/C9H12O3/c1-12-8(11)9-3-2-7(10)4-6(9)5-9/h6H,2-5H2,1H3/t6-,9-/m0/s1. The van der Waals surface area contributed by atoms with E-state index < -0.39 is 0 Å². The molecular formula is C9H12O3. The number of ketones is 1. The molecule has 0 amide bonds. The quantitative estimate of drug-likeness (QED) is 0.547. The minimum Gasteiger partial charge on any atom is -0.469 e. The summed E-state index contributed by atoms with van der Waals surface area (Å²) in [7, 11) is 1.42. The lowest BCUT2D eigenvalue weighted by molar-refractivity contribution is -0.149. The van der Waals surface area contributed by atoms with E-state index in [0.717, 1.165) is 6.42 Å². The van der Waals surface area contributed by atoms with Crippen molar-refractivity contribution in [2.45, 2.75) is 25.7 Å². The van der Waals surface area contributed by atoms with E-state index in [1.807, 2.05) is 0 Å². The summed E-state index contributed by atoms with van der Waals surface area (Å²) in [6.45, 7) is 0. The predicted octanol–water partition coefficient (Wildman–Crippen LogP) is 0.919. The van der Waals surface area contributed by atoms with Crippen LogP contribution in [-0.2, 0) is 14.3 Å². The number of fused-ring (bicyclic) bond motifs is 1. The molecule has 3 nitrogen and oxygen atoms in total. The van der Waals surface area contributed by atoms with Crippen molar-refractivity contribution in [1.29, 1.82) is 0 Å². The van der Waals surface area contributed by atoms with Gasteiger partial charge < -0.3 is 4.74 Å². The summed E-state index contributed by atoms with van der Waals surface area (Å²) in [6.07, 6.45) is 2.73. The molecule has 0 aliphatic heterocycles. The fraction of sp³-hybridized carbons (Fsp3) is 0.778. The van der Waals surface area contributed by atoms with Gasteiger partial charge in [-0.2, -0.15) is 0 Å². The molecule has 0 aromatic rings. The summed E-state index contributed by atoms with van der Waals surface area (Å²) >= 11 is 0. The minimum absolute atomic E-state index is 0.111. The van der Waals surface area contributed by atoms with Crippen LogP contribution in [0, 0.1) is 11.3 Å². The lowest BCUT2D eigenvalue weighted by Gasteiger charge is -2.18. The van der Waals surface area contributed by atoms with Gasteiger partial charge in [0, 0.05) is 12.8 Å². The van der Waals surface area contributed by atoms with Crippen molar-refractivity contribution in [3.05, 3.63) is 0 Å². The van der Waals surface area contributed by atoms with Crippen LogP contribution in [0.15, 0.2) is 0 Å². The summed E-state index contributed by atoms with van der Waals surface area (Å²) in [5.74, 6) is 0.489. The number of carbonyl (C=O) groups is 2. The SMILES string of the molecule is COC(=O)[C@]12CCC(=O)C[C@H]1C2. The van der Waals surface area contributed by atoms with Gasteiger partial charge in [-0.05, 0) is 18.8 Å². The van der Waals surface area contributed by atoms with Crippen molar-refractivity contribution in [3.63, 3.8) is 0 Å². The monoisotopic (exact) mass is 168 g/mol. The van der Waals surface area contributed by atoms with Crippen molar-refractivity contribution in [2.75, 3.05) is 7.11 Å². The minimum atomic E-state index is -0.247. The van der Waals surface area contributed by atoms with Crippen LogP contribution in [0.3, 0.4) is 0 Å². The molecule has 12 heavy (non-hydrogen) atoms. The zero-order chi connectivity index (χ0) is 8.77. The first-order chi connectivity index (χ1) is 5.69. The van der Waals surface area contributed by atoms with E-state index >= 15 is 0 Å². The summed E-state index contributed by atoms with van der Waals surface area (Å²) in [5.41, 5.74) is -0.247. The first-order valence-electron chi connectivity index (χ1n) is 4.29. The Hall–Kier alpha value is -0.860. The summed E-state index contributed by atoms with van der Waals surface area (Å²) < 4.78 is 4.72. The predicted molar refractivity (Wildman–Crippen MR) is 41.4 cm³/mol. The van der Waals surface area contributed by atoms with E-state index in [9.17, 15) is 9.59 Å². The smallest absolute Gasteiger partial charge is 0.312 e. The third-order valence-corrected chi connectivity index (χ3v) is 3.15. The van der Waals surface area contributed by atoms with E-state index in [0.29, 0.717) is 31.0 Å². The average Bonchev–Trinajstić information content (AvgIpc) is 2.78. The maximum Gasteiger partial charge on any atom is 0.312 e. The van der Waals surface area contributed by atoms with Crippen LogP contribution in [0.25, 0.3) is 0 Å². The van der Waals surface area contributed by atoms with Crippen molar-refractivity contribution in [2.24, 2.45) is 11.3 Å². The maximum atomic E-state index is 11.3. The highest BCUT2D eigenvalue weighted by Crippen LogP contribution is 2.61. The van der Waals surface area contributed by atoms with Crippen LogP contribution in [0.4, 0.5) is 0 Å². The highest BCUT2D eigenvalue weighted by molar-refractivity contribution is 5.88. The number of ether oxygens (including phenoxy) is 1. The second-order valence-electron chi connectivity index (χ2n) is 3.79. The van der Waals surface area contributed by atoms with Gasteiger partial charge in [-0.1, -0.05) is 0 Å². The molecule has 2 rings (SSSR count). The Bertz CT molecular complexity index is 246. The van der Waals surface area contributed by atoms with Crippen LogP contribution < -0.4 is 0 Å². The van der Waals surface area contributed by atoms with Gasteiger partial charge in [0.25, 0.3) is 0 Å². The highest BCUT2D eigenvalue weighted by atomic mass is 16.5. The highest BCUT2D eigenvalue weighted by Gasteiger charge is 2.62. The molecule has 2 aliphatic carbocycles. The Morgan fingerprint density at radius 2 is 2.42 bits per heavy atom. The lowest BCUT2D eigenvalue weighted by atomic mass is 9.88. The van der Waals surface area contributed by atoms with Crippen LogP contribution in [0.5, 0.6) is 0 Å². The third kappa shape index (κ3) is 0.886. The molecule has 3 heteroatoms. The Morgan fingerprint density at radius 1 is 1.67 bits per heavy atom. The van der Waals surface area contributed by atoms with Crippen LogP contribution in [0.2, 0.25) is 0 Å². The number of rotatable bonds is 1. The van der Waals surface area contributed by atoms with E-state index in [2.05, 4.69) is 0 Å². The van der Waals surface area contributed by atoms with Gasteiger partial charge in [-0.3, -0.25) is 9.59 Å². The van der Waals surface area contributed by atoms with Gasteiger partial charge >= 0.3 is 5.97 Å². The lowest BCUT2D eigenvalue weighted by Crippen LogP contribution is -2.25. The van der Waals surface area contributed by atoms with E-state index in [4.69, 9.17) is 4.74 Å². The third-order valence-electron chi connectivity index (χ3n) is 3.15. The second kappa shape index (κ2) is 2.31. The average molecular weight is 168 g/mol. The zero-order valence-electron chi connectivity index (χ0n) is 7.13. The molecule has 0 unspecified atom stereocenters. The molecular weight excluding hydrogens is 156 g/mol. The van der Waals surface area contributed by atoms with Gasteiger partial charge in [0.15, 0.2) is 0 Å². The van der Waals surface area contributed by atoms with Crippen LogP contribution in [0.1, 0.15) is 25.7 Å². The number of hydrogen-bond donors (Lipinski definition) is 0. The molecule has 66 valence electrons. The molecule has 0 saturated heterocycles. The van der Waals surface area contributed by atoms with Crippen molar-refractivity contribution < 1.29 is 14.3 Å². The molecule has 0 spiro atoms. The van der Waals surface area contributed by atoms with E-state index in [-0.39, 0.29) is 11.4 Å². The molecule has 2 saturated carbocycles. The molecule has 0 aromatic carbocycles. The van der Waals surface area contributed by atoms with Gasteiger partial charge in [0.2, 0.25) is 0 Å². The number of Topliss-reactive ketones (excluding diaryl/α,β-unsaturated/α-hetero) is 1. The molecule has 0 aromatic heterocycles. The van der Waals surface area contributed by atoms with Crippen LogP contribution >= 0.6 is 0 Å². The summed E-state index contributed by atoms with van der Waals surface area (Å²) in [6, 6.07) is 0. The molecule has 2 aliphatic rings. The largest absolute Gasteiger partial charge is 0.469 e. The Labute approximate surface area is 71.1 Å². The van der Waals surface area contributed by atoms with E-state index in [1.165, 1.54) is 7.11 Å². The molecule has 0 bridgehead atoms. The first kappa shape index (κ1) is 7.77. The summed E-state index contributed by atoms with van der Waals surface area (Å²) in [4.78, 5) is 22.3. The molecule has 2 fully saturated rings. The maximum absolute atomic E-state index is 11.3. The van der Waals surface area contributed by atoms with Crippen LogP contribution in [-0.4, -0.2) is 18.9 Å². The Balaban J connectivity index is 2.09. The van der Waals surface area contributed by atoms with Gasteiger partial charge in [-0.15, -0.1) is 0 Å². The van der Waals surface area contributed by atoms with Crippen molar-refractivity contribution in [3.8, 4) is 0 Å². The second-order valence-corrected chi connectivity index (χ2v) is 3.79. The normalized spacial score (nSPS) is 38.8. The Morgan fingerprint density at radius 3 is 3.00 bits per heavy atom. The zero-order valence-corrected chi connectivity index (χ0v) is 7.13. The van der Waals surface area contributed by atoms with Crippen molar-refractivity contribution >= 4 is 11.8 Å². The first-order valence-corrected chi connectivity index (χ1v) is 4.29. The number of esters is 1.